The zero-order chi connectivity index (χ0) is 27.5. The summed E-state index contributed by atoms with van der Waals surface area (Å²) in [6.45, 7) is 2.24. The van der Waals surface area contributed by atoms with Crippen molar-refractivity contribution >= 4 is 28.9 Å². The highest BCUT2D eigenvalue weighted by Crippen LogP contribution is 2.33. The molecule has 2 amide bonds. The molecule has 0 atom stereocenters. The molecular weight excluding hydrogens is 518 g/mol. The minimum atomic E-state index is -0.613. The van der Waals surface area contributed by atoms with Gasteiger partial charge in [-0.15, -0.1) is 11.3 Å². The van der Waals surface area contributed by atoms with Crippen LogP contribution in [0.1, 0.15) is 47.3 Å². The van der Waals surface area contributed by atoms with Crippen LogP contribution in [-0.2, 0) is 13.1 Å². The molecule has 39 heavy (non-hydrogen) atoms. The Morgan fingerprint density at radius 2 is 1.82 bits per heavy atom. The molecule has 0 bridgehead atoms. The fourth-order valence-electron chi connectivity index (χ4n) is 4.52. The number of amides is 2. The van der Waals surface area contributed by atoms with Crippen LogP contribution in [-0.4, -0.2) is 47.5 Å². The largest absolute Gasteiger partial charge is 0.497 e. The molecule has 1 aliphatic rings. The number of nitrogens with two attached hydrogens (primary N) is 1. The van der Waals surface area contributed by atoms with E-state index in [2.05, 4.69) is 0 Å². The number of primary amides is 1. The average Bonchev–Trinajstić information content (AvgIpc) is 3.69. The molecule has 1 aliphatic heterocycles. The second-order valence-corrected chi connectivity index (χ2v) is 10.1. The Labute approximate surface area is 229 Å². The Balaban J connectivity index is 1.47. The lowest BCUT2D eigenvalue weighted by Gasteiger charge is -2.23. The SMILES string of the molecule is COc1ccc(C(=O)N(CC(=O)c2cc(C(N)=O)c(C)n2Cc2cccs2)Cc2ccc3c(c2)OCO3)cc1. The lowest BCUT2D eigenvalue weighted by Crippen LogP contribution is -2.36. The number of ether oxygens (including phenoxy) is 3. The van der Waals surface area contributed by atoms with Gasteiger partial charge in [-0.2, -0.15) is 0 Å². The van der Waals surface area contributed by atoms with Gasteiger partial charge in [0.15, 0.2) is 17.3 Å². The fourth-order valence-corrected chi connectivity index (χ4v) is 5.21. The first-order valence-electron chi connectivity index (χ1n) is 12.2. The number of methoxy groups -OCH3 is 1. The summed E-state index contributed by atoms with van der Waals surface area (Å²) >= 11 is 1.55. The molecule has 200 valence electrons. The molecule has 3 heterocycles. The maximum absolute atomic E-state index is 13.8. The number of ketones is 1. The van der Waals surface area contributed by atoms with Gasteiger partial charge in [0, 0.05) is 22.7 Å². The van der Waals surface area contributed by atoms with Crippen LogP contribution in [0.2, 0.25) is 0 Å². The summed E-state index contributed by atoms with van der Waals surface area (Å²) in [6, 6.07) is 17.5. The van der Waals surface area contributed by atoms with Crippen LogP contribution in [0.3, 0.4) is 0 Å². The Bertz CT molecular complexity index is 1530. The van der Waals surface area contributed by atoms with E-state index in [1.807, 2.05) is 23.6 Å². The number of aromatic nitrogens is 1. The van der Waals surface area contributed by atoms with Gasteiger partial charge in [0.2, 0.25) is 6.79 Å². The van der Waals surface area contributed by atoms with E-state index in [1.54, 1.807) is 66.3 Å². The number of hydrogen-bond acceptors (Lipinski definition) is 7. The standard InChI is InChI=1S/C29H27N3O6S/c1-18-23(28(30)34)13-24(32(18)15-22-4-3-11-39-22)25(33)16-31(29(35)20-6-8-21(36-2)9-7-20)14-19-5-10-26-27(12-19)38-17-37-26/h3-13H,14-17H2,1-2H3,(H2,30,34). The number of carbonyl (C=O) groups is 3. The van der Waals surface area contributed by atoms with E-state index in [0.717, 1.165) is 10.4 Å². The van der Waals surface area contributed by atoms with Crippen molar-refractivity contribution < 1.29 is 28.6 Å². The third-order valence-electron chi connectivity index (χ3n) is 6.58. The van der Waals surface area contributed by atoms with Crippen molar-refractivity contribution in [2.24, 2.45) is 5.73 Å². The number of hydrogen-bond donors (Lipinski definition) is 1. The van der Waals surface area contributed by atoms with Crippen molar-refractivity contribution in [3.05, 3.63) is 99.0 Å². The van der Waals surface area contributed by atoms with Crippen LogP contribution < -0.4 is 19.9 Å². The maximum atomic E-state index is 13.8. The molecule has 2 aromatic carbocycles. The van der Waals surface area contributed by atoms with E-state index in [0.29, 0.717) is 40.7 Å². The first kappa shape index (κ1) is 26.1. The molecule has 0 aliphatic carbocycles. The summed E-state index contributed by atoms with van der Waals surface area (Å²) in [5.41, 5.74) is 7.98. The Kier molecular flexibility index (Phi) is 7.38. The Hall–Kier alpha value is -4.57. The molecular formula is C29H27N3O6S. The van der Waals surface area contributed by atoms with Gasteiger partial charge in [0.1, 0.15) is 5.75 Å². The number of carbonyl (C=O) groups excluding carboxylic acids is 3. The summed E-state index contributed by atoms with van der Waals surface area (Å²) in [6.07, 6.45) is 0. The van der Waals surface area contributed by atoms with E-state index in [-0.39, 0.29) is 37.1 Å². The van der Waals surface area contributed by atoms with Crippen molar-refractivity contribution in [1.82, 2.24) is 9.47 Å². The van der Waals surface area contributed by atoms with E-state index in [1.165, 1.54) is 11.0 Å². The monoisotopic (exact) mass is 545 g/mol. The highest BCUT2D eigenvalue weighted by Gasteiger charge is 2.26. The number of rotatable bonds is 10. The van der Waals surface area contributed by atoms with Crippen molar-refractivity contribution in [3.63, 3.8) is 0 Å². The van der Waals surface area contributed by atoms with Gasteiger partial charge >= 0.3 is 0 Å². The molecule has 2 aromatic heterocycles. The van der Waals surface area contributed by atoms with Crippen LogP contribution in [0.5, 0.6) is 17.2 Å². The van der Waals surface area contributed by atoms with Gasteiger partial charge in [0.05, 0.1) is 31.5 Å². The zero-order valence-electron chi connectivity index (χ0n) is 21.5. The van der Waals surface area contributed by atoms with Crippen LogP contribution in [0.4, 0.5) is 0 Å². The number of thiophene rings is 1. The first-order chi connectivity index (χ1) is 18.8. The van der Waals surface area contributed by atoms with Crippen LogP contribution in [0.15, 0.2) is 66.0 Å². The fraction of sp³-hybridized carbons (Fsp3) is 0.207. The van der Waals surface area contributed by atoms with E-state index in [4.69, 9.17) is 19.9 Å². The van der Waals surface area contributed by atoms with Gasteiger partial charge in [0.25, 0.3) is 11.8 Å². The van der Waals surface area contributed by atoms with Crippen molar-refractivity contribution in [1.29, 1.82) is 0 Å². The minimum Gasteiger partial charge on any atom is -0.497 e. The highest BCUT2D eigenvalue weighted by atomic mass is 32.1. The average molecular weight is 546 g/mol. The second-order valence-electron chi connectivity index (χ2n) is 9.06. The maximum Gasteiger partial charge on any atom is 0.254 e. The topological polar surface area (TPSA) is 113 Å². The summed E-state index contributed by atoms with van der Waals surface area (Å²) in [4.78, 5) is 42.1. The van der Waals surface area contributed by atoms with Gasteiger partial charge in [-0.3, -0.25) is 14.4 Å². The van der Waals surface area contributed by atoms with E-state index < -0.39 is 5.91 Å². The smallest absolute Gasteiger partial charge is 0.254 e. The lowest BCUT2D eigenvalue weighted by molar-refractivity contribution is 0.0695. The van der Waals surface area contributed by atoms with Crippen LogP contribution in [0, 0.1) is 6.92 Å². The number of Topliss-reactive ketones (excluding diaryl/α,β-unsaturated/α-hetero) is 1. The number of fused-ring (bicyclic) bond motifs is 1. The molecule has 0 fully saturated rings. The molecule has 5 rings (SSSR count). The summed E-state index contributed by atoms with van der Waals surface area (Å²) < 4.78 is 17.9. The van der Waals surface area contributed by atoms with Crippen molar-refractivity contribution in [2.75, 3.05) is 20.4 Å². The van der Waals surface area contributed by atoms with Gasteiger partial charge < -0.3 is 29.4 Å². The molecule has 10 heteroatoms. The predicted molar refractivity (Wildman–Crippen MR) is 146 cm³/mol. The van der Waals surface area contributed by atoms with Crippen LogP contribution in [0.25, 0.3) is 0 Å². The molecule has 0 unspecified atom stereocenters. The number of nitrogens with zero attached hydrogens (tertiary/aromatic N) is 2. The molecule has 9 nitrogen and oxygen atoms in total. The van der Waals surface area contributed by atoms with Gasteiger partial charge in [-0.25, -0.2) is 0 Å². The third kappa shape index (κ3) is 5.51. The number of benzene rings is 2. The summed E-state index contributed by atoms with van der Waals surface area (Å²) in [5, 5.41) is 1.95. The highest BCUT2D eigenvalue weighted by molar-refractivity contribution is 7.09. The molecule has 0 saturated heterocycles. The normalized spacial score (nSPS) is 11.8. The molecule has 4 aromatic rings. The quantitative estimate of drug-likeness (QED) is 0.298. The Morgan fingerprint density at radius 3 is 2.51 bits per heavy atom. The molecule has 2 N–H and O–H groups in total. The predicted octanol–water partition coefficient (Wildman–Crippen LogP) is 4.27. The van der Waals surface area contributed by atoms with Gasteiger partial charge in [-0.1, -0.05) is 12.1 Å². The van der Waals surface area contributed by atoms with Crippen molar-refractivity contribution in [3.8, 4) is 17.2 Å². The van der Waals surface area contributed by atoms with E-state index >= 15 is 0 Å². The zero-order valence-corrected chi connectivity index (χ0v) is 22.3. The summed E-state index contributed by atoms with van der Waals surface area (Å²) in [5.74, 6) is 0.575. The first-order valence-corrected chi connectivity index (χ1v) is 13.1. The lowest BCUT2D eigenvalue weighted by atomic mass is 10.1. The van der Waals surface area contributed by atoms with Crippen LogP contribution >= 0.6 is 11.3 Å². The summed E-state index contributed by atoms with van der Waals surface area (Å²) in [7, 11) is 1.55. The Morgan fingerprint density at radius 1 is 1.05 bits per heavy atom. The van der Waals surface area contributed by atoms with Gasteiger partial charge in [-0.05, 0) is 66.4 Å². The molecule has 0 saturated carbocycles. The van der Waals surface area contributed by atoms with E-state index in [9.17, 15) is 14.4 Å². The molecule has 0 radical (unpaired) electrons. The second kappa shape index (κ2) is 11.0. The minimum absolute atomic E-state index is 0.133. The molecule has 0 spiro atoms. The third-order valence-corrected chi connectivity index (χ3v) is 7.44. The van der Waals surface area contributed by atoms with Crippen molar-refractivity contribution in [2.45, 2.75) is 20.0 Å².